The van der Waals surface area contributed by atoms with E-state index < -0.39 is 8.32 Å². The smallest absolute Gasteiger partial charge is 0.776 e. The molecular formula is C19H31Cl3OSSiTi. The molecule has 1 aromatic carbocycles. The molecule has 1 aliphatic carbocycles. The van der Waals surface area contributed by atoms with Crippen molar-refractivity contribution in [1.82, 2.24) is 0 Å². The van der Waals surface area contributed by atoms with Gasteiger partial charge < -0.3 is 17.1 Å². The van der Waals surface area contributed by atoms with E-state index in [-0.39, 0.29) is 64.4 Å². The van der Waals surface area contributed by atoms with Crippen LogP contribution in [0, 0.1) is 13.0 Å². The second kappa shape index (κ2) is 14.5. The third kappa shape index (κ3) is 12.8. The molecule has 0 fully saturated rings. The van der Waals surface area contributed by atoms with Crippen LogP contribution in [-0.2, 0) is 39.8 Å². The van der Waals surface area contributed by atoms with Crippen LogP contribution in [0.25, 0.3) is 0 Å². The van der Waals surface area contributed by atoms with Gasteiger partial charge in [-0.2, -0.15) is 6.08 Å². The topological polar surface area (TPSA) is 9.23 Å². The van der Waals surface area contributed by atoms with Gasteiger partial charge in [0.1, 0.15) is 0 Å². The number of halogens is 3. The van der Waals surface area contributed by atoms with E-state index in [1.54, 1.807) is 0 Å². The second-order valence-corrected chi connectivity index (χ2v) is 12.4. The molecule has 0 amide bonds. The van der Waals surface area contributed by atoms with E-state index in [2.05, 4.69) is 71.6 Å². The molecule has 0 spiro atoms. The van der Waals surface area contributed by atoms with Gasteiger partial charge in [0.2, 0.25) is 8.32 Å². The van der Waals surface area contributed by atoms with Crippen LogP contribution < -0.4 is 4.43 Å². The first-order valence-electron chi connectivity index (χ1n) is 7.73. The fraction of sp³-hybridized carbons (Fsp3) is 0.474. The molecule has 1 nitrogen and oxygen atoms in total. The van der Waals surface area contributed by atoms with Crippen LogP contribution in [0.5, 0.6) is 5.75 Å². The molecule has 148 valence electrons. The Bertz CT molecular complexity index is 569. The summed E-state index contributed by atoms with van der Waals surface area (Å²) in [6.07, 6.45) is 10.0. The minimum Gasteiger partial charge on any atom is -0.776 e. The van der Waals surface area contributed by atoms with Crippen LogP contribution in [0.15, 0.2) is 35.3 Å². The maximum absolute atomic E-state index is 6.08. The molecule has 0 radical (unpaired) electrons. The maximum atomic E-state index is 6.08. The Morgan fingerprint density at radius 2 is 1.62 bits per heavy atom. The molecule has 0 saturated heterocycles. The summed E-state index contributed by atoms with van der Waals surface area (Å²) in [7, 11) is -1.60. The van der Waals surface area contributed by atoms with Gasteiger partial charge >= 0.3 is 21.7 Å². The third-order valence-electron chi connectivity index (χ3n) is 3.01. The minimum atomic E-state index is -1.60. The Morgan fingerprint density at radius 3 is 1.92 bits per heavy atom. The Balaban J connectivity index is -0.000000234. The molecule has 0 aliphatic heterocycles. The summed E-state index contributed by atoms with van der Waals surface area (Å²) in [6, 6.07) is 4.25. The number of benzene rings is 1. The molecule has 0 bridgehead atoms. The zero-order valence-corrected chi connectivity index (χ0v) is 22.5. The van der Waals surface area contributed by atoms with Gasteiger partial charge in [0.15, 0.2) is 0 Å². The van der Waals surface area contributed by atoms with Crippen molar-refractivity contribution in [2.24, 2.45) is 0 Å². The summed E-state index contributed by atoms with van der Waals surface area (Å²) in [4.78, 5) is 0.880. The van der Waals surface area contributed by atoms with Crippen LogP contribution in [0.2, 0.25) is 19.6 Å². The Hall–Kier alpha value is 0.521. The standard InChI is InChI=1S/C14H24OSSi.C5H5.3ClH.Ti/c1-10-8-11(14(2,3)4)13(16)12(9-10)15-17(5,6)7;1-2-4-5-3-1;;;;/h8-9,16H,1-7H3;1-3H,4H2;3*1H;/q;-1;;;;+2/p-1. The average Bonchev–Trinajstić information content (AvgIpc) is 2.88. The zero-order valence-electron chi connectivity index (χ0n) is 16.6. The molecule has 0 unspecified atom stereocenters. The molecule has 1 aliphatic rings. The number of allylic oxidation sites excluding steroid dienone is 4. The molecule has 0 atom stereocenters. The Labute approximate surface area is 200 Å². The van der Waals surface area contributed by atoms with Crippen molar-refractivity contribution in [3.8, 4) is 5.75 Å². The largest absolute Gasteiger partial charge is 2.00 e. The number of rotatable bonds is 2. The molecule has 0 saturated carbocycles. The van der Waals surface area contributed by atoms with Crippen molar-refractivity contribution < 1.29 is 26.1 Å². The molecule has 26 heavy (non-hydrogen) atoms. The van der Waals surface area contributed by atoms with Gasteiger partial charge in [0, 0.05) is 0 Å². The monoisotopic (exact) mass is 488 g/mol. The third-order valence-corrected chi connectivity index (χ3v) is 4.26. The van der Waals surface area contributed by atoms with Gasteiger partial charge in [-0.3, -0.25) is 6.08 Å². The second-order valence-electron chi connectivity index (χ2n) is 7.61. The predicted octanol–water partition coefficient (Wildman–Crippen LogP) is 6.98. The van der Waals surface area contributed by atoms with Crippen LogP contribution in [0.4, 0.5) is 0 Å². The summed E-state index contributed by atoms with van der Waals surface area (Å²) in [5, 5.41) is 0. The van der Waals surface area contributed by atoms with Gasteiger partial charge in [0.25, 0.3) is 0 Å². The van der Waals surface area contributed by atoms with Crippen molar-refractivity contribution in [2.45, 2.75) is 64.1 Å². The van der Waals surface area contributed by atoms with Crippen molar-refractivity contribution in [1.29, 1.82) is 0 Å². The number of hydrogen-bond donors (Lipinski definition) is 0. The first kappa shape index (κ1) is 34.1. The molecule has 7 heteroatoms. The van der Waals surface area contributed by atoms with Crippen molar-refractivity contribution >= 4 is 58.2 Å². The fourth-order valence-corrected chi connectivity index (χ4v) is 3.40. The SMILES string of the molecule is Cc1cc(O[Si](C)(C)C)c([S-])c(C(C)(C)C)c1.Cl.Cl.Cl.[C-]1=CC=CC1.[Ti+2]. The van der Waals surface area contributed by atoms with Crippen LogP contribution in [-0.4, -0.2) is 8.32 Å². The molecule has 0 heterocycles. The van der Waals surface area contributed by atoms with E-state index in [1.807, 2.05) is 12.2 Å². The number of aryl methyl sites for hydroxylation is 1. The van der Waals surface area contributed by atoms with E-state index in [1.165, 1.54) is 11.1 Å². The predicted molar refractivity (Wildman–Crippen MR) is 123 cm³/mol. The van der Waals surface area contributed by atoms with Crippen molar-refractivity contribution in [3.63, 3.8) is 0 Å². The van der Waals surface area contributed by atoms with E-state index in [9.17, 15) is 0 Å². The molecule has 0 N–H and O–H groups in total. The van der Waals surface area contributed by atoms with Gasteiger partial charge in [0.05, 0.1) is 5.75 Å². The first-order chi connectivity index (χ1) is 10.0. The van der Waals surface area contributed by atoms with E-state index >= 15 is 0 Å². The van der Waals surface area contributed by atoms with Crippen molar-refractivity contribution in [2.75, 3.05) is 0 Å². The van der Waals surface area contributed by atoms with Crippen LogP contribution in [0.3, 0.4) is 0 Å². The first-order valence-corrected chi connectivity index (χ1v) is 11.6. The van der Waals surface area contributed by atoms with Gasteiger partial charge in [-0.05, 0) is 43.6 Å². The molecule has 1 aromatic rings. The summed E-state index contributed by atoms with van der Waals surface area (Å²) < 4.78 is 6.08. The molecule has 2 rings (SSSR count). The van der Waals surface area contributed by atoms with Crippen molar-refractivity contribution in [3.05, 3.63) is 47.6 Å². The summed E-state index contributed by atoms with van der Waals surface area (Å²) in [6.45, 7) is 15.2. The van der Waals surface area contributed by atoms with E-state index in [0.717, 1.165) is 17.1 Å². The summed E-state index contributed by atoms with van der Waals surface area (Å²) in [5.41, 5.74) is 2.50. The van der Waals surface area contributed by atoms with Gasteiger partial charge in [-0.1, -0.05) is 32.4 Å². The summed E-state index contributed by atoms with van der Waals surface area (Å²) in [5.74, 6) is 0.893. The van der Waals surface area contributed by atoms with Gasteiger partial charge in [-0.25, -0.2) is 12.2 Å². The van der Waals surface area contributed by atoms with Crippen LogP contribution >= 0.6 is 37.2 Å². The van der Waals surface area contributed by atoms with Crippen LogP contribution in [0.1, 0.15) is 38.3 Å². The minimum absolute atomic E-state index is 0. The van der Waals surface area contributed by atoms with Gasteiger partial charge in [-0.15, -0.1) is 48.5 Å². The quantitative estimate of drug-likeness (QED) is 0.252. The number of hydrogen-bond acceptors (Lipinski definition) is 2. The summed E-state index contributed by atoms with van der Waals surface area (Å²) >= 11 is 5.56. The molecule has 0 aromatic heterocycles. The van der Waals surface area contributed by atoms with E-state index in [4.69, 9.17) is 17.1 Å². The Morgan fingerprint density at radius 1 is 1.08 bits per heavy atom. The maximum Gasteiger partial charge on any atom is 2.00 e. The van der Waals surface area contributed by atoms with E-state index in [0.29, 0.717) is 0 Å². The zero-order chi connectivity index (χ0) is 17.0. The fourth-order valence-electron chi connectivity index (χ4n) is 2.04. The normalized spacial score (nSPS) is 11.7. The Kier molecular flexibility index (Phi) is 19.0. The average molecular weight is 490 g/mol. The molecular weight excluding hydrogens is 459 g/mol.